The molecule has 2 aliphatic heterocycles. The molecule has 1 aromatic heterocycles. The molecule has 3 aromatic rings. The fraction of sp³-hybridized carbons (Fsp3) is 0.318. The van der Waals surface area contributed by atoms with Crippen LogP contribution in [0.4, 0.5) is 10.5 Å². The lowest BCUT2D eigenvalue weighted by molar-refractivity contribution is 0.185. The number of carbonyl (C=O) groups is 1. The molecule has 2 atom stereocenters. The van der Waals surface area contributed by atoms with Crippen LogP contribution in [-0.4, -0.2) is 37.8 Å². The van der Waals surface area contributed by atoms with Crippen molar-refractivity contribution in [2.24, 2.45) is 0 Å². The van der Waals surface area contributed by atoms with Gasteiger partial charge in [0.25, 0.3) is 0 Å². The molecule has 3 heterocycles. The van der Waals surface area contributed by atoms with Crippen molar-refractivity contribution in [2.75, 3.05) is 5.32 Å². The van der Waals surface area contributed by atoms with Crippen molar-refractivity contribution in [3.63, 3.8) is 0 Å². The lowest BCUT2D eigenvalue weighted by atomic mass is 10.1. The zero-order valence-electron chi connectivity index (χ0n) is 15.9. The molecule has 1 saturated heterocycles. The molecule has 0 unspecified atom stereocenters. The van der Waals surface area contributed by atoms with Crippen LogP contribution in [0.15, 0.2) is 54.6 Å². The zero-order chi connectivity index (χ0) is 19.1. The first-order valence-electron chi connectivity index (χ1n) is 9.83. The number of urea groups is 1. The minimum Gasteiger partial charge on any atom is -0.316 e. The average Bonchev–Trinajstić information content (AvgIpc) is 3.24. The Kier molecular flexibility index (Phi) is 4.11. The third-order valence-electron chi connectivity index (χ3n) is 5.91. The fourth-order valence-electron chi connectivity index (χ4n) is 4.47. The van der Waals surface area contributed by atoms with Crippen LogP contribution in [-0.2, 0) is 13.0 Å². The Hall–Kier alpha value is -3.15. The highest BCUT2D eigenvalue weighted by molar-refractivity contribution is 5.90. The van der Waals surface area contributed by atoms with Crippen LogP contribution in [0, 0.1) is 6.92 Å². The normalized spacial score (nSPS) is 20.5. The van der Waals surface area contributed by atoms with Crippen LogP contribution in [0.2, 0.25) is 0 Å². The van der Waals surface area contributed by atoms with Gasteiger partial charge in [-0.3, -0.25) is 0 Å². The minimum absolute atomic E-state index is 0.0122. The zero-order valence-corrected chi connectivity index (χ0v) is 15.9. The predicted molar refractivity (Wildman–Crippen MR) is 108 cm³/mol. The smallest absolute Gasteiger partial charge is 0.316 e. The quantitative estimate of drug-likeness (QED) is 0.742. The van der Waals surface area contributed by atoms with Gasteiger partial charge in [0.05, 0.1) is 6.04 Å². The summed E-state index contributed by atoms with van der Waals surface area (Å²) in [7, 11) is 0. The average molecular weight is 373 g/mol. The number of para-hydroxylation sites is 1. The van der Waals surface area contributed by atoms with E-state index < -0.39 is 0 Å². The van der Waals surface area contributed by atoms with Gasteiger partial charge in [-0.05, 0) is 31.4 Å². The molecular weight excluding hydrogens is 350 g/mol. The second-order valence-electron chi connectivity index (χ2n) is 7.66. The van der Waals surface area contributed by atoms with Gasteiger partial charge in [0.2, 0.25) is 0 Å². The van der Waals surface area contributed by atoms with E-state index in [0.717, 1.165) is 54.3 Å². The third-order valence-corrected chi connectivity index (χ3v) is 5.91. The number of anilines is 1. The highest BCUT2D eigenvalue weighted by Crippen LogP contribution is 2.33. The maximum atomic E-state index is 13.1. The van der Waals surface area contributed by atoms with Gasteiger partial charge in [0.15, 0.2) is 5.82 Å². The highest BCUT2D eigenvalue weighted by Gasteiger charge is 2.41. The number of nitrogens with zero attached hydrogens (tertiary/aromatic N) is 4. The van der Waals surface area contributed by atoms with E-state index in [1.54, 1.807) is 0 Å². The van der Waals surface area contributed by atoms with Gasteiger partial charge in [0.1, 0.15) is 5.82 Å². The molecule has 0 saturated carbocycles. The van der Waals surface area contributed by atoms with Gasteiger partial charge in [-0.2, -0.15) is 0 Å². The van der Waals surface area contributed by atoms with E-state index in [-0.39, 0.29) is 18.1 Å². The van der Waals surface area contributed by atoms with Crippen molar-refractivity contribution >= 4 is 11.7 Å². The highest BCUT2D eigenvalue weighted by atomic mass is 16.2. The number of aryl methyl sites for hydroxylation is 1. The largest absolute Gasteiger partial charge is 0.322 e. The summed E-state index contributed by atoms with van der Waals surface area (Å²) in [6.07, 6.45) is 2.77. The summed E-state index contributed by atoms with van der Waals surface area (Å²) in [6.45, 7) is 2.75. The number of benzene rings is 2. The summed E-state index contributed by atoms with van der Waals surface area (Å²) in [6, 6.07) is 18.4. The van der Waals surface area contributed by atoms with E-state index in [0.29, 0.717) is 0 Å². The number of hydrogen-bond acceptors (Lipinski definition) is 3. The molecule has 2 amide bonds. The Labute approximate surface area is 164 Å². The first-order chi connectivity index (χ1) is 13.7. The molecule has 2 bridgehead atoms. The second-order valence-corrected chi connectivity index (χ2v) is 7.66. The molecule has 0 spiro atoms. The van der Waals surface area contributed by atoms with Crippen molar-refractivity contribution in [2.45, 2.75) is 44.8 Å². The SMILES string of the molecule is Cc1ccccc1NC(=O)N1[C@@H]2CC[C@H]1Cc1nnc(-c3ccccc3)n1C2. The monoisotopic (exact) mass is 373 g/mol. The minimum atomic E-state index is -0.0122. The molecule has 1 N–H and O–H groups in total. The Morgan fingerprint density at radius 2 is 1.75 bits per heavy atom. The van der Waals surface area contributed by atoms with Crippen molar-refractivity contribution in [1.82, 2.24) is 19.7 Å². The van der Waals surface area contributed by atoms with E-state index >= 15 is 0 Å². The first-order valence-corrected chi connectivity index (χ1v) is 9.83. The lowest BCUT2D eigenvalue weighted by Gasteiger charge is -2.28. The summed E-state index contributed by atoms with van der Waals surface area (Å²) in [5.74, 6) is 1.86. The van der Waals surface area contributed by atoms with Crippen LogP contribution >= 0.6 is 0 Å². The number of rotatable bonds is 2. The molecule has 28 heavy (non-hydrogen) atoms. The molecule has 2 aromatic carbocycles. The van der Waals surface area contributed by atoms with Crippen molar-refractivity contribution < 1.29 is 4.79 Å². The molecule has 1 fully saturated rings. The van der Waals surface area contributed by atoms with Crippen LogP contribution in [0.1, 0.15) is 24.2 Å². The number of carbonyl (C=O) groups excluding carboxylic acids is 1. The van der Waals surface area contributed by atoms with Gasteiger partial charge < -0.3 is 14.8 Å². The Balaban J connectivity index is 1.43. The number of fused-ring (bicyclic) bond motifs is 3. The third kappa shape index (κ3) is 2.85. The molecule has 2 aliphatic rings. The standard InChI is InChI=1S/C22H23N5O/c1-15-7-5-6-10-19(15)23-22(28)27-17-11-12-18(27)14-26-20(13-17)24-25-21(26)16-8-3-2-4-9-16/h2-10,17-18H,11-14H2,1H3,(H,23,28)/t17-,18+/m0/s1. The van der Waals surface area contributed by atoms with E-state index in [1.165, 1.54) is 0 Å². The molecule has 5 rings (SSSR count). The number of hydrogen-bond donors (Lipinski definition) is 1. The summed E-state index contributed by atoms with van der Waals surface area (Å²) in [5.41, 5.74) is 3.01. The fourth-order valence-corrected chi connectivity index (χ4v) is 4.47. The van der Waals surface area contributed by atoms with Crippen LogP contribution in [0.25, 0.3) is 11.4 Å². The summed E-state index contributed by atoms with van der Waals surface area (Å²) in [5, 5.41) is 12.0. The summed E-state index contributed by atoms with van der Waals surface area (Å²) < 4.78 is 2.20. The van der Waals surface area contributed by atoms with Crippen molar-refractivity contribution in [1.29, 1.82) is 0 Å². The van der Waals surface area contributed by atoms with Crippen LogP contribution in [0.3, 0.4) is 0 Å². The van der Waals surface area contributed by atoms with Gasteiger partial charge in [-0.1, -0.05) is 48.5 Å². The predicted octanol–water partition coefficient (Wildman–Crippen LogP) is 3.87. The maximum Gasteiger partial charge on any atom is 0.322 e. The van der Waals surface area contributed by atoms with Crippen LogP contribution < -0.4 is 5.32 Å². The van der Waals surface area contributed by atoms with E-state index in [1.807, 2.05) is 54.3 Å². The van der Waals surface area contributed by atoms with Crippen LogP contribution in [0.5, 0.6) is 0 Å². The summed E-state index contributed by atoms with van der Waals surface area (Å²) in [4.78, 5) is 15.2. The van der Waals surface area contributed by atoms with E-state index in [9.17, 15) is 4.79 Å². The Morgan fingerprint density at radius 1 is 1.00 bits per heavy atom. The molecule has 0 aliphatic carbocycles. The van der Waals surface area contributed by atoms with E-state index in [4.69, 9.17) is 0 Å². The van der Waals surface area contributed by atoms with Gasteiger partial charge in [-0.25, -0.2) is 4.79 Å². The van der Waals surface area contributed by atoms with Crippen molar-refractivity contribution in [3.8, 4) is 11.4 Å². The van der Waals surface area contributed by atoms with Crippen molar-refractivity contribution in [3.05, 3.63) is 66.0 Å². The molecule has 6 nitrogen and oxygen atoms in total. The van der Waals surface area contributed by atoms with Gasteiger partial charge >= 0.3 is 6.03 Å². The summed E-state index contributed by atoms with van der Waals surface area (Å²) >= 11 is 0. The van der Waals surface area contributed by atoms with Gasteiger partial charge in [0, 0.05) is 30.3 Å². The molecule has 6 heteroatoms. The molecular formula is C22H23N5O. The van der Waals surface area contributed by atoms with Gasteiger partial charge in [-0.15, -0.1) is 10.2 Å². The topological polar surface area (TPSA) is 63.1 Å². The number of aromatic nitrogens is 3. The molecule has 142 valence electrons. The Bertz CT molecular complexity index is 1010. The Morgan fingerprint density at radius 3 is 2.57 bits per heavy atom. The lowest BCUT2D eigenvalue weighted by Crippen LogP contribution is -2.44. The molecule has 0 radical (unpaired) electrons. The first kappa shape index (κ1) is 17.0. The number of nitrogens with one attached hydrogen (secondary N) is 1. The van der Waals surface area contributed by atoms with E-state index in [2.05, 4.69) is 32.2 Å². The maximum absolute atomic E-state index is 13.1. The number of amides is 2. The second kappa shape index (κ2) is 6.78.